The maximum atomic E-state index is 12.5. The Bertz CT molecular complexity index is 775. The van der Waals surface area contributed by atoms with E-state index in [4.69, 9.17) is 11.5 Å². The molecule has 0 aliphatic heterocycles. The number of hydrogen-bond donors (Lipinski definition) is 4. The van der Waals surface area contributed by atoms with Gasteiger partial charge in [-0.2, -0.15) is 0 Å². The zero-order valence-corrected chi connectivity index (χ0v) is 14.6. The number of aromatic nitrogens is 1. The molecule has 0 spiro atoms. The number of carbonyl (C=O) groups is 2. The number of halogens is 1. The van der Waals surface area contributed by atoms with Crippen LogP contribution >= 0.6 is 15.9 Å². The molecule has 1 aromatic carbocycles. The highest BCUT2D eigenvalue weighted by Crippen LogP contribution is 2.27. The molecule has 1 heterocycles. The first-order valence-electron chi connectivity index (χ1n) is 6.94. The summed E-state index contributed by atoms with van der Waals surface area (Å²) in [7, 11) is -1.60. The molecule has 6 N–H and O–H groups in total. The van der Waals surface area contributed by atoms with Gasteiger partial charge < -0.3 is 16.5 Å². The van der Waals surface area contributed by atoms with Crippen LogP contribution in [-0.4, -0.2) is 27.6 Å². The van der Waals surface area contributed by atoms with E-state index in [0.717, 1.165) is 4.47 Å². The molecule has 2 amide bonds. The van der Waals surface area contributed by atoms with E-state index in [1.807, 2.05) is 6.07 Å². The maximum Gasteiger partial charge on any atom is 0.266 e. The summed E-state index contributed by atoms with van der Waals surface area (Å²) in [6, 6.07) is 5.37. The SMILES string of the molecule is NC(=O)CCCCNS(=O)c1c(C(N)=O)[nH]c2ccc(Br)cc12. The average Bonchev–Trinajstić information content (AvgIpc) is 2.85. The standard InChI is InChI=1S/C14H17BrN4O3S/c15-8-4-5-10-9(7-8)13(12(19-10)14(17)21)23(22)18-6-2-1-3-11(16)20/h4-5,7,18-19H,1-3,6H2,(H2,16,20)(H2,17,21). The van der Waals surface area contributed by atoms with Crippen LogP contribution in [0.2, 0.25) is 0 Å². The number of primary amides is 2. The van der Waals surface area contributed by atoms with E-state index in [1.165, 1.54) is 0 Å². The number of carbonyl (C=O) groups excluding carboxylic acids is 2. The van der Waals surface area contributed by atoms with Crippen molar-refractivity contribution >= 4 is 49.6 Å². The van der Waals surface area contributed by atoms with E-state index < -0.39 is 16.9 Å². The number of nitrogens with one attached hydrogen (secondary N) is 2. The number of benzene rings is 1. The van der Waals surface area contributed by atoms with Crippen molar-refractivity contribution in [2.75, 3.05) is 6.54 Å². The third-order valence-electron chi connectivity index (χ3n) is 3.23. The van der Waals surface area contributed by atoms with E-state index in [-0.39, 0.29) is 11.6 Å². The molecule has 0 aliphatic carbocycles. The van der Waals surface area contributed by atoms with Crippen molar-refractivity contribution < 1.29 is 13.8 Å². The molecule has 0 fully saturated rings. The molecule has 1 aromatic heterocycles. The highest BCUT2D eigenvalue weighted by molar-refractivity contribution is 9.10. The first-order valence-corrected chi connectivity index (χ1v) is 8.89. The van der Waals surface area contributed by atoms with Gasteiger partial charge in [0.1, 0.15) is 16.7 Å². The summed E-state index contributed by atoms with van der Waals surface area (Å²) in [6.07, 6.45) is 1.55. The highest BCUT2D eigenvalue weighted by Gasteiger charge is 2.20. The van der Waals surface area contributed by atoms with E-state index in [0.29, 0.717) is 41.6 Å². The Hall–Kier alpha value is -1.71. The van der Waals surface area contributed by atoms with Crippen molar-refractivity contribution in [3.8, 4) is 0 Å². The van der Waals surface area contributed by atoms with Gasteiger partial charge in [0.25, 0.3) is 5.91 Å². The second-order valence-corrected chi connectivity index (χ2v) is 7.12. The maximum absolute atomic E-state index is 12.5. The zero-order valence-electron chi connectivity index (χ0n) is 12.2. The largest absolute Gasteiger partial charge is 0.370 e. The molecular weight excluding hydrogens is 384 g/mol. The fourth-order valence-electron chi connectivity index (χ4n) is 2.17. The summed E-state index contributed by atoms with van der Waals surface area (Å²) >= 11 is 3.36. The van der Waals surface area contributed by atoms with Crippen LogP contribution in [0.5, 0.6) is 0 Å². The molecule has 23 heavy (non-hydrogen) atoms. The van der Waals surface area contributed by atoms with Crippen LogP contribution in [0.4, 0.5) is 0 Å². The minimum atomic E-state index is -1.60. The molecule has 1 atom stereocenters. The summed E-state index contributed by atoms with van der Waals surface area (Å²) in [5, 5.41) is 0.663. The van der Waals surface area contributed by atoms with Gasteiger partial charge in [0.05, 0.1) is 4.90 Å². The second kappa shape index (κ2) is 7.71. The lowest BCUT2D eigenvalue weighted by Gasteiger charge is -2.05. The average molecular weight is 401 g/mol. The van der Waals surface area contributed by atoms with E-state index in [1.54, 1.807) is 12.1 Å². The van der Waals surface area contributed by atoms with E-state index in [2.05, 4.69) is 25.6 Å². The molecule has 2 rings (SSSR count). The molecule has 124 valence electrons. The van der Waals surface area contributed by atoms with Crippen LogP contribution in [0.25, 0.3) is 10.9 Å². The Morgan fingerprint density at radius 2 is 2.00 bits per heavy atom. The van der Waals surface area contributed by atoms with Crippen LogP contribution in [-0.2, 0) is 15.8 Å². The molecule has 0 aliphatic rings. The number of fused-ring (bicyclic) bond motifs is 1. The molecule has 1 unspecified atom stereocenters. The van der Waals surface area contributed by atoms with Crippen LogP contribution in [0.3, 0.4) is 0 Å². The van der Waals surface area contributed by atoms with Gasteiger partial charge >= 0.3 is 0 Å². The first-order chi connectivity index (χ1) is 10.9. The van der Waals surface area contributed by atoms with Crippen LogP contribution < -0.4 is 16.2 Å². The van der Waals surface area contributed by atoms with Gasteiger partial charge in [0, 0.05) is 28.3 Å². The summed E-state index contributed by atoms with van der Waals surface area (Å²) < 4.78 is 16.2. The molecule has 0 saturated carbocycles. The number of unbranched alkanes of at least 4 members (excludes halogenated alkanes) is 1. The second-order valence-electron chi connectivity index (χ2n) is 4.97. The summed E-state index contributed by atoms with van der Waals surface area (Å²) in [5.74, 6) is -1.03. The minimum Gasteiger partial charge on any atom is -0.370 e. The monoisotopic (exact) mass is 400 g/mol. The predicted octanol–water partition coefficient (Wildman–Crippen LogP) is 1.30. The van der Waals surface area contributed by atoms with Crippen molar-refractivity contribution in [3.05, 3.63) is 28.4 Å². The summed E-state index contributed by atoms with van der Waals surface area (Å²) in [6.45, 7) is 0.429. The van der Waals surface area contributed by atoms with Gasteiger partial charge in [0.15, 0.2) is 0 Å². The van der Waals surface area contributed by atoms with Crippen molar-refractivity contribution in [1.29, 1.82) is 0 Å². The molecular formula is C14H17BrN4O3S. The number of nitrogens with two attached hydrogens (primary N) is 2. The third kappa shape index (κ3) is 4.40. The fourth-order valence-corrected chi connectivity index (χ4v) is 3.71. The van der Waals surface area contributed by atoms with E-state index >= 15 is 0 Å². The minimum absolute atomic E-state index is 0.126. The molecule has 9 heteroatoms. The number of hydrogen-bond acceptors (Lipinski definition) is 3. The quantitative estimate of drug-likeness (QED) is 0.497. The van der Waals surface area contributed by atoms with Gasteiger partial charge in [-0.05, 0) is 31.0 Å². The van der Waals surface area contributed by atoms with Crippen molar-refractivity contribution in [2.45, 2.75) is 24.2 Å². The lowest BCUT2D eigenvalue weighted by molar-refractivity contribution is -0.118. The zero-order chi connectivity index (χ0) is 17.0. The number of H-pyrrole nitrogens is 1. The van der Waals surface area contributed by atoms with Gasteiger partial charge in [-0.3, -0.25) is 9.59 Å². The van der Waals surface area contributed by atoms with Crippen molar-refractivity contribution in [1.82, 2.24) is 9.71 Å². The molecule has 0 radical (unpaired) electrons. The normalized spacial score (nSPS) is 12.4. The fraction of sp³-hybridized carbons (Fsp3) is 0.286. The van der Waals surface area contributed by atoms with Crippen LogP contribution in [0.15, 0.2) is 27.6 Å². The Morgan fingerprint density at radius 3 is 2.65 bits per heavy atom. The third-order valence-corrected chi connectivity index (χ3v) is 4.98. The number of aromatic amines is 1. The lowest BCUT2D eigenvalue weighted by atomic mass is 10.2. The summed E-state index contributed by atoms with van der Waals surface area (Å²) in [4.78, 5) is 25.5. The van der Waals surface area contributed by atoms with Gasteiger partial charge in [0.2, 0.25) is 5.91 Å². The van der Waals surface area contributed by atoms with Crippen LogP contribution in [0.1, 0.15) is 29.8 Å². The lowest BCUT2D eigenvalue weighted by Crippen LogP contribution is -2.22. The number of amides is 2. The Balaban J connectivity index is 2.18. The van der Waals surface area contributed by atoms with Gasteiger partial charge in [-0.1, -0.05) is 15.9 Å². The number of rotatable bonds is 8. The van der Waals surface area contributed by atoms with Gasteiger partial charge in [-0.25, -0.2) is 8.93 Å². The first kappa shape index (κ1) is 17.6. The van der Waals surface area contributed by atoms with Crippen molar-refractivity contribution in [3.63, 3.8) is 0 Å². The van der Waals surface area contributed by atoms with Crippen LogP contribution in [0, 0.1) is 0 Å². The Kier molecular flexibility index (Phi) is 5.91. The highest BCUT2D eigenvalue weighted by atomic mass is 79.9. The van der Waals surface area contributed by atoms with E-state index in [9.17, 15) is 13.8 Å². The predicted molar refractivity (Wildman–Crippen MR) is 92.0 cm³/mol. The molecule has 0 bridgehead atoms. The topological polar surface area (TPSA) is 131 Å². The molecule has 0 saturated heterocycles. The Labute approximate surface area is 143 Å². The molecule has 7 nitrogen and oxygen atoms in total. The summed E-state index contributed by atoms with van der Waals surface area (Å²) in [5.41, 5.74) is 11.2. The smallest absolute Gasteiger partial charge is 0.266 e. The Morgan fingerprint density at radius 1 is 1.26 bits per heavy atom. The molecule has 2 aromatic rings. The van der Waals surface area contributed by atoms with Gasteiger partial charge in [-0.15, -0.1) is 0 Å². The van der Waals surface area contributed by atoms with Crippen molar-refractivity contribution in [2.24, 2.45) is 11.5 Å².